The Bertz CT molecular complexity index is 859. The standard InChI is InChI=1S/C16H18F3N3O3S/c1-3-9-22(26(23,24)10-4-2)11-12-5-7-13(8-6-12)14-20-15(25-21-14)16(17,18)19/h4-8,10H,3,9,11H2,1-2H3/b10-4+. The number of benzene rings is 1. The molecule has 1 aromatic carbocycles. The number of aromatic nitrogens is 2. The zero-order chi connectivity index (χ0) is 19.4. The van der Waals surface area contributed by atoms with Crippen LogP contribution in [0.2, 0.25) is 0 Å². The Morgan fingerprint density at radius 1 is 1.23 bits per heavy atom. The van der Waals surface area contributed by atoms with Crippen LogP contribution < -0.4 is 0 Å². The highest BCUT2D eigenvalue weighted by atomic mass is 32.2. The molecule has 0 saturated heterocycles. The molecule has 0 aliphatic heterocycles. The Balaban J connectivity index is 2.19. The summed E-state index contributed by atoms with van der Waals surface area (Å²) >= 11 is 0. The van der Waals surface area contributed by atoms with Crippen molar-refractivity contribution in [1.82, 2.24) is 14.4 Å². The normalized spacial score (nSPS) is 13.0. The number of rotatable bonds is 7. The fourth-order valence-corrected chi connectivity index (χ4v) is 3.50. The molecule has 0 aliphatic carbocycles. The number of allylic oxidation sites excluding steroid dienone is 1. The van der Waals surface area contributed by atoms with Crippen molar-refractivity contribution in [3.8, 4) is 11.4 Å². The van der Waals surface area contributed by atoms with Gasteiger partial charge in [-0.05, 0) is 18.9 Å². The quantitative estimate of drug-likeness (QED) is 0.719. The third-order valence-corrected chi connectivity index (χ3v) is 5.03. The van der Waals surface area contributed by atoms with Crippen LogP contribution in [0.5, 0.6) is 0 Å². The van der Waals surface area contributed by atoms with E-state index in [1.165, 1.54) is 22.5 Å². The summed E-state index contributed by atoms with van der Waals surface area (Å²) in [7, 11) is -3.52. The van der Waals surface area contributed by atoms with Crippen molar-refractivity contribution in [2.45, 2.75) is 33.0 Å². The smallest absolute Gasteiger partial charge is 0.329 e. The fraction of sp³-hybridized carbons (Fsp3) is 0.375. The molecule has 0 aliphatic rings. The Kier molecular flexibility index (Phi) is 6.19. The monoisotopic (exact) mass is 389 g/mol. The van der Waals surface area contributed by atoms with E-state index < -0.39 is 22.1 Å². The lowest BCUT2D eigenvalue weighted by Crippen LogP contribution is -2.29. The molecule has 0 N–H and O–H groups in total. The molecule has 0 atom stereocenters. The molecule has 142 valence electrons. The summed E-state index contributed by atoms with van der Waals surface area (Å²) in [6, 6.07) is 6.28. The molecule has 0 amide bonds. The summed E-state index contributed by atoms with van der Waals surface area (Å²) in [5.74, 6) is -1.60. The van der Waals surface area contributed by atoms with Gasteiger partial charge in [0.05, 0.1) is 0 Å². The summed E-state index contributed by atoms with van der Waals surface area (Å²) in [5, 5.41) is 4.45. The molecule has 0 bridgehead atoms. The first-order valence-corrected chi connectivity index (χ1v) is 9.30. The topological polar surface area (TPSA) is 76.3 Å². The second-order valence-electron chi connectivity index (χ2n) is 5.47. The van der Waals surface area contributed by atoms with Gasteiger partial charge in [-0.25, -0.2) is 8.42 Å². The maximum absolute atomic E-state index is 12.5. The third-order valence-electron chi connectivity index (χ3n) is 3.38. The van der Waals surface area contributed by atoms with Crippen molar-refractivity contribution >= 4 is 10.0 Å². The molecule has 0 spiro atoms. The minimum Gasteiger partial charge on any atom is -0.329 e. The van der Waals surface area contributed by atoms with Gasteiger partial charge in [0.25, 0.3) is 0 Å². The molecule has 10 heteroatoms. The van der Waals surface area contributed by atoms with E-state index in [1.807, 2.05) is 6.92 Å². The Morgan fingerprint density at radius 2 is 1.88 bits per heavy atom. The van der Waals surface area contributed by atoms with Crippen molar-refractivity contribution in [1.29, 1.82) is 0 Å². The second-order valence-corrected chi connectivity index (χ2v) is 7.28. The number of sulfonamides is 1. The number of hydrogen-bond acceptors (Lipinski definition) is 5. The van der Waals surface area contributed by atoms with Gasteiger partial charge in [0.15, 0.2) is 0 Å². The van der Waals surface area contributed by atoms with Crippen LogP contribution in [0.3, 0.4) is 0 Å². The maximum Gasteiger partial charge on any atom is 0.471 e. The van der Waals surface area contributed by atoms with Crippen molar-refractivity contribution in [2.24, 2.45) is 0 Å². The summed E-state index contributed by atoms with van der Waals surface area (Å²) in [5.41, 5.74) is 1.03. The molecule has 2 aromatic rings. The van der Waals surface area contributed by atoms with E-state index in [0.717, 1.165) is 5.41 Å². The molecule has 6 nitrogen and oxygen atoms in total. The molecule has 0 saturated carbocycles. The first-order chi connectivity index (χ1) is 12.2. The first kappa shape index (κ1) is 20.1. The van der Waals surface area contributed by atoms with Crippen molar-refractivity contribution < 1.29 is 26.1 Å². The number of halogens is 3. The highest BCUT2D eigenvalue weighted by molar-refractivity contribution is 7.92. The van der Waals surface area contributed by atoms with Gasteiger partial charge in [0.2, 0.25) is 15.8 Å². The SMILES string of the molecule is C/C=C/S(=O)(=O)N(CCC)Cc1ccc(-c2noc(C(F)(F)F)n2)cc1. The van der Waals surface area contributed by atoms with E-state index in [-0.39, 0.29) is 12.4 Å². The predicted octanol–water partition coefficient (Wildman–Crippen LogP) is 3.83. The lowest BCUT2D eigenvalue weighted by atomic mass is 10.1. The van der Waals surface area contributed by atoms with Gasteiger partial charge in [-0.3, -0.25) is 0 Å². The minimum absolute atomic E-state index is 0.154. The lowest BCUT2D eigenvalue weighted by Gasteiger charge is -2.19. The average Bonchev–Trinajstić information content (AvgIpc) is 3.05. The van der Waals surface area contributed by atoms with Crippen LogP contribution in [0.4, 0.5) is 13.2 Å². The highest BCUT2D eigenvalue weighted by Crippen LogP contribution is 2.29. The van der Waals surface area contributed by atoms with Crippen molar-refractivity contribution in [3.63, 3.8) is 0 Å². The Morgan fingerprint density at radius 3 is 2.38 bits per heavy atom. The lowest BCUT2D eigenvalue weighted by molar-refractivity contribution is -0.159. The van der Waals surface area contributed by atoms with E-state index in [4.69, 9.17) is 0 Å². The van der Waals surface area contributed by atoms with Crippen LogP contribution in [-0.2, 0) is 22.7 Å². The molecule has 0 radical (unpaired) electrons. The van der Waals surface area contributed by atoms with Crippen LogP contribution >= 0.6 is 0 Å². The zero-order valence-corrected chi connectivity index (χ0v) is 15.0. The van der Waals surface area contributed by atoms with E-state index in [1.54, 1.807) is 19.1 Å². The average molecular weight is 389 g/mol. The highest BCUT2D eigenvalue weighted by Gasteiger charge is 2.38. The van der Waals surface area contributed by atoms with E-state index in [2.05, 4.69) is 14.7 Å². The number of nitrogens with zero attached hydrogens (tertiary/aromatic N) is 3. The van der Waals surface area contributed by atoms with Crippen LogP contribution in [-0.4, -0.2) is 29.4 Å². The zero-order valence-electron chi connectivity index (χ0n) is 14.2. The molecule has 1 heterocycles. The molecular weight excluding hydrogens is 371 g/mol. The van der Waals surface area contributed by atoms with Gasteiger partial charge in [0.1, 0.15) is 0 Å². The van der Waals surface area contributed by atoms with E-state index >= 15 is 0 Å². The number of alkyl halides is 3. The van der Waals surface area contributed by atoms with Gasteiger partial charge < -0.3 is 4.52 Å². The summed E-state index contributed by atoms with van der Waals surface area (Å²) in [4.78, 5) is 3.32. The van der Waals surface area contributed by atoms with Gasteiger partial charge in [0, 0.05) is 24.1 Å². The van der Waals surface area contributed by atoms with Crippen LogP contribution in [0, 0.1) is 0 Å². The molecule has 0 unspecified atom stereocenters. The molecular formula is C16H18F3N3O3S. The van der Waals surface area contributed by atoms with E-state index in [0.29, 0.717) is 24.1 Å². The fourth-order valence-electron chi connectivity index (χ4n) is 2.22. The van der Waals surface area contributed by atoms with Gasteiger partial charge >= 0.3 is 12.1 Å². The molecule has 26 heavy (non-hydrogen) atoms. The largest absolute Gasteiger partial charge is 0.471 e. The minimum atomic E-state index is -4.70. The predicted molar refractivity (Wildman–Crippen MR) is 89.2 cm³/mol. The second kappa shape index (κ2) is 8.00. The Hall–Kier alpha value is -2.20. The van der Waals surface area contributed by atoms with E-state index in [9.17, 15) is 21.6 Å². The van der Waals surface area contributed by atoms with Gasteiger partial charge in [-0.1, -0.05) is 42.4 Å². The molecule has 1 aromatic heterocycles. The van der Waals surface area contributed by atoms with Crippen LogP contribution in [0.15, 0.2) is 40.3 Å². The number of hydrogen-bond donors (Lipinski definition) is 0. The summed E-state index contributed by atoms with van der Waals surface area (Å²) < 4.78 is 67.5. The van der Waals surface area contributed by atoms with Gasteiger partial charge in [-0.2, -0.15) is 22.5 Å². The Labute approximate surface area is 149 Å². The molecule has 2 rings (SSSR count). The third kappa shape index (κ3) is 4.92. The molecule has 0 fully saturated rings. The maximum atomic E-state index is 12.5. The first-order valence-electron chi connectivity index (χ1n) is 7.80. The summed E-state index contributed by atoms with van der Waals surface area (Å²) in [6.45, 7) is 4.00. The van der Waals surface area contributed by atoms with Crippen molar-refractivity contribution in [2.75, 3.05) is 6.54 Å². The van der Waals surface area contributed by atoms with Crippen LogP contribution in [0.1, 0.15) is 31.7 Å². The summed E-state index contributed by atoms with van der Waals surface area (Å²) in [6.07, 6.45) is -2.60. The van der Waals surface area contributed by atoms with Crippen molar-refractivity contribution in [3.05, 3.63) is 47.2 Å². The van der Waals surface area contributed by atoms with Crippen LogP contribution in [0.25, 0.3) is 11.4 Å². The van der Waals surface area contributed by atoms with Gasteiger partial charge in [-0.15, -0.1) is 0 Å².